The normalized spacial score (nSPS) is 27.5. The number of nitrogens with zero attached hydrogens (tertiary/aromatic N) is 3. The summed E-state index contributed by atoms with van der Waals surface area (Å²) in [4.78, 5) is 12.3. The highest BCUT2D eigenvalue weighted by Crippen LogP contribution is 2.35. The van der Waals surface area contributed by atoms with Crippen molar-refractivity contribution in [3.8, 4) is 0 Å². The van der Waals surface area contributed by atoms with Crippen LogP contribution in [0.2, 0.25) is 0 Å². The number of benzene rings is 1. The van der Waals surface area contributed by atoms with Gasteiger partial charge in [-0.05, 0) is 30.2 Å². The van der Waals surface area contributed by atoms with E-state index in [9.17, 15) is 0 Å². The van der Waals surface area contributed by atoms with Crippen LogP contribution in [0, 0.1) is 0 Å². The van der Waals surface area contributed by atoms with Crippen LogP contribution in [0.3, 0.4) is 0 Å². The lowest BCUT2D eigenvalue weighted by molar-refractivity contribution is 0.385. The first-order chi connectivity index (χ1) is 12.8. The minimum atomic E-state index is 0. The highest BCUT2D eigenvalue weighted by Gasteiger charge is 2.34. The molecule has 3 atom stereocenters. The third kappa shape index (κ3) is 4.66. The van der Waals surface area contributed by atoms with Crippen LogP contribution in [0.1, 0.15) is 31.2 Å². The van der Waals surface area contributed by atoms with Gasteiger partial charge in [-0.25, -0.2) is 0 Å². The molecule has 0 radical (unpaired) electrons. The fourth-order valence-corrected chi connectivity index (χ4v) is 6.24. The van der Waals surface area contributed by atoms with Crippen molar-refractivity contribution in [2.45, 2.75) is 50.2 Å². The Morgan fingerprint density at radius 1 is 1.11 bits per heavy atom. The maximum atomic E-state index is 4.93. The maximum absolute atomic E-state index is 4.93. The van der Waals surface area contributed by atoms with E-state index in [0.717, 1.165) is 23.9 Å². The van der Waals surface area contributed by atoms with Crippen molar-refractivity contribution in [3.63, 3.8) is 0 Å². The smallest absolute Gasteiger partial charge is 0.168 e. The number of aliphatic imine (C=N–C) groups is 2. The second-order valence-electron chi connectivity index (χ2n) is 7.42. The van der Waals surface area contributed by atoms with Crippen molar-refractivity contribution in [1.82, 2.24) is 10.2 Å². The molecule has 1 aromatic carbocycles. The van der Waals surface area contributed by atoms with E-state index in [0.29, 0.717) is 18.1 Å². The monoisotopic (exact) mass is 456 g/mol. The summed E-state index contributed by atoms with van der Waals surface area (Å²) >= 11 is 3.64. The van der Waals surface area contributed by atoms with Gasteiger partial charge in [-0.1, -0.05) is 66.7 Å². The summed E-state index contributed by atoms with van der Waals surface area (Å²) in [7, 11) is 0. The van der Waals surface area contributed by atoms with E-state index in [1.54, 1.807) is 11.8 Å². The van der Waals surface area contributed by atoms with E-state index in [4.69, 9.17) is 9.98 Å². The lowest BCUT2D eigenvalue weighted by Crippen LogP contribution is -2.36. The Balaban J connectivity index is 0.00000112. The third-order valence-corrected chi connectivity index (χ3v) is 7.42. The van der Waals surface area contributed by atoms with Crippen LogP contribution in [0.4, 0.5) is 0 Å². The zero-order chi connectivity index (χ0) is 17.3. The molecule has 28 heavy (non-hydrogen) atoms. The number of fused-ring (bicyclic) bond motifs is 2. The number of amidine groups is 2. The van der Waals surface area contributed by atoms with Crippen molar-refractivity contribution >= 4 is 58.7 Å². The van der Waals surface area contributed by atoms with Gasteiger partial charge in [0, 0.05) is 18.0 Å². The number of rotatable bonds is 4. The first-order valence-electron chi connectivity index (χ1n) is 9.57. The molecule has 0 amide bonds. The van der Waals surface area contributed by atoms with Crippen LogP contribution >= 0.6 is 48.3 Å². The molecule has 0 saturated heterocycles. The number of halogens is 2. The zero-order valence-corrected chi connectivity index (χ0v) is 18.9. The fraction of sp³-hybridized carbons (Fsp3) is 0.500. The Morgan fingerprint density at radius 2 is 1.93 bits per heavy atom. The molecule has 0 bridgehead atoms. The molecule has 1 aliphatic carbocycles. The SMILES string of the molecule is C1=C(CSC2=N[C@@H]3CCCC[C@H]3N2)N2CC(Cc3ccccc3)N=C2S1.Cl.Cl. The van der Waals surface area contributed by atoms with Gasteiger partial charge in [0.15, 0.2) is 10.3 Å². The Labute approximate surface area is 187 Å². The number of hydrogen-bond donors (Lipinski definition) is 1. The number of thioether (sulfide) groups is 2. The van der Waals surface area contributed by atoms with Gasteiger partial charge < -0.3 is 10.2 Å². The molecule has 4 nitrogen and oxygen atoms in total. The predicted molar refractivity (Wildman–Crippen MR) is 127 cm³/mol. The van der Waals surface area contributed by atoms with Crippen LogP contribution in [0.15, 0.2) is 51.4 Å². The van der Waals surface area contributed by atoms with Crippen LogP contribution in [0.25, 0.3) is 0 Å². The van der Waals surface area contributed by atoms with Crippen molar-refractivity contribution in [1.29, 1.82) is 0 Å². The molecule has 1 fully saturated rings. The molecule has 1 N–H and O–H groups in total. The predicted octanol–water partition coefficient (Wildman–Crippen LogP) is 4.70. The van der Waals surface area contributed by atoms with Crippen molar-refractivity contribution < 1.29 is 0 Å². The average Bonchev–Trinajstić information content (AvgIpc) is 3.34. The Bertz CT molecular complexity index is 769. The lowest BCUT2D eigenvalue weighted by atomic mass is 9.92. The molecule has 0 aromatic heterocycles. The standard InChI is InChI=1S/C20H24N4S2.2ClH/c1-2-6-14(7-3-1)10-15-11-24-16(13-26-20(24)21-15)12-25-19-22-17-8-4-5-9-18(17)23-19;;/h1-3,6-7,13,15,17-18H,4-5,8-12H2,(H,22,23);2*1H/t15?,17-,18-;;/m1../s1. The first-order valence-corrected chi connectivity index (χ1v) is 11.4. The molecule has 8 heteroatoms. The Kier molecular flexibility index (Phi) is 7.65. The van der Waals surface area contributed by atoms with E-state index in [1.165, 1.54) is 42.1 Å². The molecule has 1 saturated carbocycles. The average molecular weight is 457 g/mol. The van der Waals surface area contributed by atoms with E-state index >= 15 is 0 Å². The van der Waals surface area contributed by atoms with Gasteiger partial charge in [0.1, 0.15) is 0 Å². The second-order valence-corrected chi connectivity index (χ2v) is 9.22. The molecule has 0 spiro atoms. The highest BCUT2D eigenvalue weighted by atomic mass is 35.5. The summed E-state index contributed by atoms with van der Waals surface area (Å²) in [6, 6.07) is 12.2. The van der Waals surface area contributed by atoms with E-state index < -0.39 is 0 Å². The van der Waals surface area contributed by atoms with Gasteiger partial charge in [0.2, 0.25) is 0 Å². The second kappa shape index (κ2) is 9.79. The summed E-state index contributed by atoms with van der Waals surface area (Å²) in [5.74, 6) is 0.981. The Morgan fingerprint density at radius 3 is 2.75 bits per heavy atom. The van der Waals surface area contributed by atoms with E-state index in [-0.39, 0.29) is 24.8 Å². The number of nitrogens with one attached hydrogen (secondary N) is 1. The molecular weight excluding hydrogens is 431 g/mol. The van der Waals surface area contributed by atoms with Gasteiger partial charge in [0.25, 0.3) is 0 Å². The van der Waals surface area contributed by atoms with Crippen LogP contribution < -0.4 is 5.32 Å². The summed E-state index contributed by atoms with van der Waals surface area (Å²) in [6.45, 7) is 1.01. The minimum Gasteiger partial charge on any atom is -0.360 e. The van der Waals surface area contributed by atoms with Crippen molar-refractivity contribution in [3.05, 3.63) is 47.0 Å². The first kappa shape index (κ1) is 21.9. The van der Waals surface area contributed by atoms with E-state index in [2.05, 4.69) is 46.0 Å². The summed E-state index contributed by atoms with van der Waals surface area (Å²) < 4.78 is 0. The third-order valence-electron chi connectivity index (χ3n) is 5.56. The molecule has 3 heterocycles. The van der Waals surface area contributed by atoms with Gasteiger partial charge in [-0.2, -0.15) is 0 Å². The quantitative estimate of drug-likeness (QED) is 0.711. The molecule has 1 aromatic rings. The van der Waals surface area contributed by atoms with E-state index in [1.807, 2.05) is 11.8 Å². The van der Waals surface area contributed by atoms with Gasteiger partial charge in [-0.3, -0.25) is 9.98 Å². The molecule has 152 valence electrons. The molecule has 1 unspecified atom stereocenters. The van der Waals surface area contributed by atoms with Crippen molar-refractivity contribution in [2.24, 2.45) is 9.98 Å². The van der Waals surface area contributed by atoms with Crippen LogP contribution in [-0.2, 0) is 6.42 Å². The van der Waals surface area contributed by atoms with Gasteiger partial charge >= 0.3 is 0 Å². The lowest BCUT2D eigenvalue weighted by Gasteiger charge is -2.23. The van der Waals surface area contributed by atoms with Gasteiger partial charge in [-0.15, -0.1) is 24.8 Å². The fourth-order valence-electron chi connectivity index (χ4n) is 4.18. The summed E-state index contributed by atoms with van der Waals surface area (Å²) in [5, 5.41) is 8.25. The maximum Gasteiger partial charge on any atom is 0.168 e. The minimum absolute atomic E-state index is 0. The Hall–Kier alpha value is -0.820. The molecule has 4 aliphatic rings. The van der Waals surface area contributed by atoms with Crippen LogP contribution in [0.5, 0.6) is 0 Å². The largest absolute Gasteiger partial charge is 0.360 e. The molecule has 3 aliphatic heterocycles. The topological polar surface area (TPSA) is 40.0 Å². The van der Waals surface area contributed by atoms with Crippen molar-refractivity contribution in [2.75, 3.05) is 12.3 Å². The highest BCUT2D eigenvalue weighted by molar-refractivity contribution is 8.17. The summed E-state index contributed by atoms with van der Waals surface area (Å²) in [6.07, 6.45) is 6.24. The molecular formula is C20H26Cl2N4S2. The number of hydrogen-bond acceptors (Lipinski definition) is 6. The van der Waals surface area contributed by atoms with Gasteiger partial charge in [0.05, 0.1) is 18.1 Å². The summed E-state index contributed by atoms with van der Waals surface area (Å²) in [5.41, 5.74) is 2.76. The molecule has 5 rings (SSSR count). The zero-order valence-electron chi connectivity index (χ0n) is 15.6. The van der Waals surface area contributed by atoms with Crippen LogP contribution in [-0.4, -0.2) is 45.7 Å².